The SMILES string of the molecule is CC[C@H](C)[C@H](NC(=O)CCC(=O)OCC(=O)[C@@]1(O)CC[C@@H]2[C@@H]3CCC4=CC(=O)C=C[C@]4(C)[C@@H]3[C@@H](O)C[C@@]21C)C(=O)O. The van der Waals surface area contributed by atoms with Crippen LogP contribution in [0.1, 0.15) is 79.1 Å². The van der Waals surface area contributed by atoms with Gasteiger partial charge in [0.1, 0.15) is 11.6 Å². The third kappa shape index (κ3) is 5.41. The van der Waals surface area contributed by atoms with Crippen LogP contribution in [-0.2, 0) is 28.7 Å². The first-order valence-electron chi connectivity index (χ1n) is 14.7. The molecule has 0 aromatic carbocycles. The molecule has 0 radical (unpaired) electrons. The van der Waals surface area contributed by atoms with Crippen molar-refractivity contribution in [3.63, 3.8) is 0 Å². The molecule has 41 heavy (non-hydrogen) atoms. The van der Waals surface area contributed by atoms with Crippen LogP contribution in [0.3, 0.4) is 0 Å². The first-order chi connectivity index (χ1) is 19.2. The molecule has 4 N–H and O–H groups in total. The lowest BCUT2D eigenvalue weighted by molar-refractivity contribution is -0.181. The summed E-state index contributed by atoms with van der Waals surface area (Å²) in [5.74, 6) is -3.61. The summed E-state index contributed by atoms with van der Waals surface area (Å²) in [5, 5.41) is 35.0. The molecule has 0 aromatic heterocycles. The molecule has 0 saturated heterocycles. The molecule has 4 aliphatic rings. The van der Waals surface area contributed by atoms with E-state index >= 15 is 0 Å². The van der Waals surface area contributed by atoms with Gasteiger partial charge in [-0.2, -0.15) is 0 Å². The van der Waals surface area contributed by atoms with Crippen molar-refractivity contribution < 1.29 is 44.0 Å². The zero-order valence-corrected chi connectivity index (χ0v) is 24.4. The zero-order valence-electron chi connectivity index (χ0n) is 24.4. The summed E-state index contributed by atoms with van der Waals surface area (Å²) in [7, 11) is 0. The number of esters is 1. The van der Waals surface area contributed by atoms with Gasteiger partial charge in [-0.05, 0) is 62.0 Å². The van der Waals surface area contributed by atoms with Gasteiger partial charge >= 0.3 is 11.9 Å². The number of carbonyl (C=O) groups is 5. The third-order valence-corrected chi connectivity index (χ3v) is 10.8. The Morgan fingerprint density at radius 3 is 2.54 bits per heavy atom. The number of carboxylic acid groups (broad SMARTS) is 1. The van der Waals surface area contributed by atoms with E-state index in [2.05, 4.69) is 12.2 Å². The third-order valence-electron chi connectivity index (χ3n) is 10.8. The van der Waals surface area contributed by atoms with Crippen molar-refractivity contribution in [2.24, 2.45) is 34.5 Å². The maximum Gasteiger partial charge on any atom is 0.326 e. The van der Waals surface area contributed by atoms with Gasteiger partial charge in [-0.25, -0.2) is 4.79 Å². The summed E-state index contributed by atoms with van der Waals surface area (Å²) in [6.07, 6.45) is 6.76. The molecule has 9 atom stereocenters. The number of aliphatic carboxylic acids is 1. The Labute approximate surface area is 240 Å². The molecule has 4 rings (SSSR count). The Balaban J connectivity index is 1.37. The molecule has 0 aromatic rings. The molecular weight excluding hydrogens is 530 g/mol. The van der Waals surface area contributed by atoms with E-state index in [1.54, 1.807) is 19.1 Å². The highest BCUT2D eigenvalue weighted by molar-refractivity contribution is 6.01. The molecule has 3 saturated carbocycles. The van der Waals surface area contributed by atoms with Gasteiger partial charge in [-0.1, -0.05) is 45.8 Å². The molecule has 0 spiro atoms. The van der Waals surface area contributed by atoms with E-state index in [0.29, 0.717) is 12.8 Å². The van der Waals surface area contributed by atoms with Crippen LogP contribution < -0.4 is 5.32 Å². The minimum absolute atomic E-state index is 0.0265. The predicted molar refractivity (Wildman–Crippen MR) is 147 cm³/mol. The average Bonchev–Trinajstić information content (AvgIpc) is 3.19. The maximum atomic E-state index is 13.4. The first-order valence-corrected chi connectivity index (χ1v) is 14.7. The fraction of sp³-hybridized carbons (Fsp3) is 0.710. The van der Waals surface area contributed by atoms with Crippen LogP contribution in [0.4, 0.5) is 0 Å². The fourth-order valence-corrected chi connectivity index (χ4v) is 8.27. The number of carbonyl (C=O) groups excluding carboxylic acids is 4. The number of nitrogens with one attached hydrogen (secondary N) is 1. The fourth-order valence-electron chi connectivity index (χ4n) is 8.27. The van der Waals surface area contributed by atoms with E-state index in [-0.39, 0.29) is 55.1 Å². The molecule has 0 unspecified atom stereocenters. The normalized spacial score (nSPS) is 37.1. The number of allylic oxidation sites excluding steroid dienone is 4. The molecule has 0 aliphatic heterocycles. The summed E-state index contributed by atoms with van der Waals surface area (Å²) in [4.78, 5) is 61.4. The Hall–Kier alpha value is -2.85. The highest BCUT2D eigenvalue weighted by Gasteiger charge is 2.68. The second-order valence-electron chi connectivity index (χ2n) is 13.0. The second-order valence-corrected chi connectivity index (χ2v) is 13.0. The summed E-state index contributed by atoms with van der Waals surface area (Å²) >= 11 is 0. The number of amides is 1. The van der Waals surface area contributed by atoms with E-state index in [1.807, 2.05) is 19.9 Å². The van der Waals surface area contributed by atoms with Crippen LogP contribution in [0.5, 0.6) is 0 Å². The van der Waals surface area contributed by atoms with Crippen molar-refractivity contribution in [2.75, 3.05) is 6.61 Å². The number of ketones is 2. The quantitative estimate of drug-likeness (QED) is 0.287. The number of carboxylic acids is 1. The van der Waals surface area contributed by atoms with Crippen molar-refractivity contribution in [1.82, 2.24) is 5.32 Å². The summed E-state index contributed by atoms with van der Waals surface area (Å²) in [5.41, 5.74) is -2.12. The summed E-state index contributed by atoms with van der Waals surface area (Å²) in [6, 6.07) is -1.06. The predicted octanol–water partition coefficient (Wildman–Crippen LogP) is 2.50. The number of aliphatic hydroxyl groups excluding tert-OH is 1. The topological polar surface area (TPSA) is 167 Å². The van der Waals surface area contributed by atoms with Crippen LogP contribution in [0.25, 0.3) is 0 Å². The van der Waals surface area contributed by atoms with E-state index < -0.39 is 58.8 Å². The average molecular weight is 574 g/mol. The molecule has 3 fully saturated rings. The number of Topliss-reactive ketones (excluding diaryl/α,β-unsaturated/α-hetero) is 1. The van der Waals surface area contributed by atoms with E-state index in [0.717, 1.165) is 18.4 Å². The van der Waals surface area contributed by atoms with Gasteiger partial charge in [-0.3, -0.25) is 19.2 Å². The first kappa shape index (κ1) is 31.1. The number of hydrogen-bond donors (Lipinski definition) is 4. The summed E-state index contributed by atoms with van der Waals surface area (Å²) in [6.45, 7) is 6.78. The van der Waals surface area contributed by atoms with Crippen molar-refractivity contribution >= 4 is 29.4 Å². The van der Waals surface area contributed by atoms with E-state index in [1.165, 1.54) is 0 Å². The van der Waals surface area contributed by atoms with Crippen LogP contribution in [-0.4, -0.2) is 69.1 Å². The number of hydrogen-bond acceptors (Lipinski definition) is 8. The van der Waals surface area contributed by atoms with Gasteiger partial charge in [0.2, 0.25) is 11.7 Å². The minimum Gasteiger partial charge on any atom is -0.480 e. The van der Waals surface area contributed by atoms with Crippen LogP contribution in [0.15, 0.2) is 23.8 Å². The number of fused-ring (bicyclic) bond motifs is 5. The monoisotopic (exact) mass is 573 g/mol. The van der Waals surface area contributed by atoms with Crippen molar-refractivity contribution in [3.8, 4) is 0 Å². The van der Waals surface area contributed by atoms with Gasteiger partial charge in [0, 0.05) is 23.2 Å². The lowest BCUT2D eigenvalue weighted by Gasteiger charge is -2.59. The van der Waals surface area contributed by atoms with Gasteiger partial charge < -0.3 is 25.4 Å². The van der Waals surface area contributed by atoms with Crippen molar-refractivity contribution in [2.45, 2.75) is 96.8 Å². The van der Waals surface area contributed by atoms with Gasteiger partial charge in [0.15, 0.2) is 12.4 Å². The largest absolute Gasteiger partial charge is 0.480 e. The summed E-state index contributed by atoms with van der Waals surface area (Å²) < 4.78 is 5.15. The van der Waals surface area contributed by atoms with Crippen molar-refractivity contribution in [1.29, 1.82) is 0 Å². The number of rotatable bonds is 10. The number of ether oxygens (including phenoxy) is 1. The number of aliphatic hydroxyl groups is 2. The van der Waals surface area contributed by atoms with Crippen LogP contribution in [0, 0.1) is 34.5 Å². The zero-order chi connectivity index (χ0) is 30.3. The van der Waals surface area contributed by atoms with E-state index in [4.69, 9.17) is 4.74 Å². The van der Waals surface area contributed by atoms with Crippen molar-refractivity contribution in [3.05, 3.63) is 23.8 Å². The second kappa shape index (κ2) is 11.4. The Morgan fingerprint density at radius 1 is 1.17 bits per heavy atom. The lowest BCUT2D eigenvalue weighted by Crippen LogP contribution is -2.61. The maximum absolute atomic E-state index is 13.4. The molecule has 226 valence electrons. The molecule has 10 nitrogen and oxygen atoms in total. The molecule has 4 aliphatic carbocycles. The lowest BCUT2D eigenvalue weighted by atomic mass is 9.46. The Kier molecular flexibility index (Phi) is 8.67. The van der Waals surface area contributed by atoms with Gasteiger partial charge in [-0.15, -0.1) is 0 Å². The van der Waals surface area contributed by atoms with Crippen LogP contribution in [0.2, 0.25) is 0 Å². The van der Waals surface area contributed by atoms with Crippen LogP contribution >= 0.6 is 0 Å². The smallest absolute Gasteiger partial charge is 0.326 e. The highest BCUT2D eigenvalue weighted by atomic mass is 16.5. The molecular formula is C31H43NO9. The van der Waals surface area contributed by atoms with E-state index in [9.17, 15) is 39.3 Å². The minimum atomic E-state index is -1.78. The molecule has 0 heterocycles. The van der Waals surface area contributed by atoms with Gasteiger partial charge in [0.25, 0.3) is 0 Å². The van der Waals surface area contributed by atoms with Gasteiger partial charge in [0.05, 0.1) is 12.5 Å². The Morgan fingerprint density at radius 2 is 1.88 bits per heavy atom. The Bertz CT molecular complexity index is 1180. The highest BCUT2D eigenvalue weighted by Crippen LogP contribution is 2.67. The molecule has 1 amide bonds. The molecule has 0 bridgehead atoms. The molecule has 10 heteroatoms. The standard InChI is InChI=1S/C31H43NO9/c1-5-17(2)27(28(38)39)32-24(36)8-9-25(37)41-16-23(35)31(40)13-11-21-20-7-6-18-14-19(33)10-12-29(18,3)26(20)22(34)15-30(21,31)4/h10,12,14,17,20-22,26-27,34,40H,5-9,11,13,15-16H2,1-4H3,(H,32,36)(H,38,39)/t17-,20-,21+,22-,26-,27-,29-,30-,31-/m0/s1.